The third-order valence-corrected chi connectivity index (χ3v) is 5.03. The van der Waals surface area contributed by atoms with E-state index in [2.05, 4.69) is 15.5 Å². The number of nitrogens with one attached hydrogen (secondary N) is 1. The van der Waals surface area contributed by atoms with E-state index in [1.165, 1.54) is 30.0 Å². The highest BCUT2D eigenvalue weighted by molar-refractivity contribution is 7.99. The van der Waals surface area contributed by atoms with Crippen molar-refractivity contribution in [2.45, 2.75) is 25.2 Å². The maximum atomic E-state index is 13.7. The van der Waals surface area contributed by atoms with Crippen LogP contribution in [0.5, 0.6) is 0 Å². The third kappa shape index (κ3) is 4.64. The first-order chi connectivity index (χ1) is 13.6. The number of carbonyl (C=O) groups is 2. The molecule has 8 heteroatoms. The molecular formula is C20H19FN4O2S. The van der Waals surface area contributed by atoms with Gasteiger partial charge in [-0.1, -0.05) is 54.2 Å². The van der Waals surface area contributed by atoms with Crippen molar-refractivity contribution in [1.29, 1.82) is 0 Å². The second-order valence-electron chi connectivity index (χ2n) is 5.88. The molecule has 1 amide bonds. The Kier molecular flexibility index (Phi) is 6.54. The summed E-state index contributed by atoms with van der Waals surface area (Å²) in [5.74, 6) is -0.304. The zero-order valence-corrected chi connectivity index (χ0v) is 16.1. The number of Topliss-reactive ketones (excluding diaryl/α,β-unsaturated/α-hetero) is 1. The average Bonchev–Trinajstić information content (AvgIpc) is 3.13. The van der Waals surface area contributed by atoms with E-state index in [0.717, 1.165) is 0 Å². The van der Waals surface area contributed by atoms with Gasteiger partial charge in [0.05, 0.1) is 17.9 Å². The van der Waals surface area contributed by atoms with Crippen molar-refractivity contribution in [3.8, 4) is 0 Å². The summed E-state index contributed by atoms with van der Waals surface area (Å²) in [7, 11) is 0. The van der Waals surface area contributed by atoms with E-state index < -0.39 is 11.7 Å². The van der Waals surface area contributed by atoms with Crippen LogP contribution in [0, 0.1) is 5.82 Å². The number of hydrogen-bond donors (Lipinski definition) is 1. The standard InChI is InChI=1S/C20H19FN4O2S/c1-2-25-18(12-22-19(27)15-10-6-7-11-16(15)21)23-24-20(25)28-13-17(26)14-8-4-3-5-9-14/h3-11H,2,12-13H2,1H3,(H,22,27). The van der Waals surface area contributed by atoms with E-state index >= 15 is 0 Å². The van der Waals surface area contributed by atoms with Crippen molar-refractivity contribution < 1.29 is 14.0 Å². The van der Waals surface area contributed by atoms with Gasteiger partial charge in [0.1, 0.15) is 5.82 Å². The quantitative estimate of drug-likeness (QED) is 0.465. The highest BCUT2D eigenvalue weighted by atomic mass is 32.2. The first kappa shape index (κ1) is 19.8. The summed E-state index contributed by atoms with van der Waals surface area (Å²) in [4.78, 5) is 24.4. The Hall–Kier alpha value is -3.00. The number of carbonyl (C=O) groups excluding carboxylic acids is 2. The summed E-state index contributed by atoms with van der Waals surface area (Å²) in [6, 6.07) is 14.8. The van der Waals surface area contributed by atoms with E-state index in [4.69, 9.17) is 0 Å². The highest BCUT2D eigenvalue weighted by Crippen LogP contribution is 2.19. The van der Waals surface area contributed by atoms with Gasteiger partial charge in [-0.2, -0.15) is 0 Å². The lowest BCUT2D eigenvalue weighted by molar-refractivity contribution is 0.0944. The van der Waals surface area contributed by atoms with Crippen LogP contribution >= 0.6 is 11.8 Å². The molecule has 0 bridgehead atoms. The van der Waals surface area contributed by atoms with Crippen LogP contribution in [0.4, 0.5) is 4.39 Å². The summed E-state index contributed by atoms with van der Waals surface area (Å²) < 4.78 is 15.5. The first-order valence-electron chi connectivity index (χ1n) is 8.76. The van der Waals surface area contributed by atoms with Crippen LogP contribution in [-0.2, 0) is 13.1 Å². The fourth-order valence-electron chi connectivity index (χ4n) is 2.61. The summed E-state index contributed by atoms with van der Waals surface area (Å²) in [6.45, 7) is 2.62. The van der Waals surface area contributed by atoms with Gasteiger partial charge in [-0.25, -0.2) is 4.39 Å². The van der Waals surface area contributed by atoms with Crippen LogP contribution in [0.25, 0.3) is 0 Å². The Bertz CT molecular complexity index is 975. The zero-order chi connectivity index (χ0) is 19.9. The number of halogens is 1. The Morgan fingerprint density at radius 3 is 2.50 bits per heavy atom. The normalized spacial score (nSPS) is 10.6. The van der Waals surface area contributed by atoms with E-state index in [1.54, 1.807) is 18.2 Å². The Balaban J connectivity index is 1.63. The Morgan fingerprint density at radius 1 is 1.07 bits per heavy atom. The van der Waals surface area contributed by atoms with Crippen molar-refractivity contribution in [1.82, 2.24) is 20.1 Å². The molecule has 2 aromatic carbocycles. The Morgan fingerprint density at radius 2 is 1.79 bits per heavy atom. The lowest BCUT2D eigenvalue weighted by atomic mass is 10.2. The molecule has 0 aliphatic carbocycles. The van der Waals surface area contributed by atoms with Gasteiger partial charge < -0.3 is 9.88 Å². The van der Waals surface area contributed by atoms with Crippen LogP contribution in [-0.4, -0.2) is 32.2 Å². The molecule has 28 heavy (non-hydrogen) atoms. The smallest absolute Gasteiger partial charge is 0.254 e. The van der Waals surface area contributed by atoms with Gasteiger partial charge in [0.25, 0.3) is 5.91 Å². The number of nitrogens with zero attached hydrogens (tertiary/aromatic N) is 3. The van der Waals surface area contributed by atoms with Gasteiger partial charge in [-0.05, 0) is 19.1 Å². The minimum absolute atomic E-state index is 0.00524. The number of thioether (sulfide) groups is 1. The molecule has 1 aromatic heterocycles. The first-order valence-corrected chi connectivity index (χ1v) is 9.74. The molecule has 3 rings (SSSR count). The number of aromatic nitrogens is 3. The molecule has 0 saturated heterocycles. The zero-order valence-electron chi connectivity index (χ0n) is 15.3. The lowest BCUT2D eigenvalue weighted by Crippen LogP contribution is -2.25. The molecule has 0 aliphatic rings. The van der Waals surface area contributed by atoms with Crippen molar-refractivity contribution in [2.75, 3.05) is 5.75 Å². The lowest BCUT2D eigenvalue weighted by Gasteiger charge is -2.09. The number of benzene rings is 2. The molecule has 1 N–H and O–H groups in total. The molecule has 0 aliphatic heterocycles. The van der Waals surface area contributed by atoms with Crippen LogP contribution in [0.3, 0.4) is 0 Å². The predicted molar refractivity (Wildman–Crippen MR) is 105 cm³/mol. The molecule has 0 radical (unpaired) electrons. The van der Waals surface area contributed by atoms with Gasteiger partial charge >= 0.3 is 0 Å². The fraction of sp³-hybridized carbons (Fsp3) is 0.200. The molecule has 6 nitrogen and oxygen atoms in total. The minimum Gasteiger partial charge on any atom is -0.345 e. The van der Waals surface area contributed by atoms with Crippen LogP contribution in [0.1, 0.15) is 33.5 Å². The van der Waals surface area contributed by atoms with Gasteiger partial charge in [-0.15, -0.1) is 10.2 Å². The molecule has 0 fully saturated rings. The van der Waals surface area contributed by atoms with Crippen LogP contribution < -0.4 is 5.32 Å². The molecule has 0 unspecified atom stereocenters. The number of hydrogen-bond acceptors (Lipinski definition) is 5. The molecule has 144 valence electrons. The second-order valence-corrected chi connectivity index (χ2v) is 6.83. The molecule has 0 atom stereocenters. The average molecular weight is 398 g/mol. The molecule has 0 saturated carbocycles. The van der Waals surface area contributed by atoms with Crippen LogP contribution in [0.15, 0.2) is 59.8 Å². The number of ketones is 1. The highest BCUT2D eigenvalue weighted by Gasteiger charge is 2.16. The molecule has 3 aromatic rings. The maximum absolute atomic E-state index is 13.7. The topological polar surface area (TPSA) is 76.9 Å². The molecular weight excluding hydrogens is 379 g/mol. The van der Waals surface area contributed by atoms with E-state index in [1.807, 2.05) is 29.7 Å². The van der Waals surface area contributed by atoms with Crippen molar-refractivity contribution in [3.05, 3.63) is 77.4 Å². The second kappa shape index (κ2) is 9.27. The van der Waals surface area contributed by atoms with Gasteiger partial charge in [0.15, 0.2) is 16.8 Å². The maximum Gasteiger partial charge on any atom is 0.254 e. The Labute approximate surface area is 166 Å². The van der Waals surface area contributed by atoms with E-state index in [-0.39, 0.29) is 23.6 Å². The predicted octanol–water partition coefficient (Wildman–Crippen LogP) is 3.34. The SMILES string of the molecule is CCn1c(CNC(=O)c2ccccc2F)nnc1SCC(=O)c1ccccc1. The van der Waals surface area contributed by atoms with Crippen LogP contribution in [0.2, 0.25) is 0 Å². The minimum atomic E-state index is -0.576. The number of rotatable bonds is 8. The van der Waals surface area contributed by atoms with E-state index in [9.17, 15) is 14.0 Å². The monoisotopic (exact) mass is 398 g/mol. The molecule has 0 spiro atoms. The summed E-state index contributed by atoms with van der Waals surface area (Å²) in [5.41, 5.74) is 0.628. The van der Waals surface area contributed by atoms with Gasteiger partial charge in [0, 0.05) is 12.1 Å². The molecule has 1 heterocycles. The summed E-state index contributed by atoms with van der Waals surface area (Å²) in [5, 5.41) is 11.5. The third-order valence-electron chi connectivity index (χ3n) is 4.06. The largest absolute Gasteiger partial charge is 0.345 e. The van der Waals surface area contributed by atoms with Gasteiger partial charge in [0.2, 0.25) is 0 Å². The van der Waals surface area contributed by atoms with Crippen molar-refractivity contribution in [3.63, 3.8) is 0 Å². The van der Waals surface area contributed by atoms with Crippen molar-refractivity contribution in [2.24, 2.45) is 0 Å². The van der Waals surface area contributed by atoms with Gasteiger partial charge in [-0.3, -0.25) is 9.59 Å². The number of amides is 1. The van der Waals surface area contributed by atoms with E-state index in [0.29, 0.717) is 23.1 Å². The summed E-state index contributed by atoms with van der Waals surface area (Å²) >= 11 is 1.30. The summed E-state index contributed by atoms with van der Waals surface area (Å²) in [6.07, 6.45) is 0. The fourth-order valence-corrected chi connectivity index (χ4v) is 3.53. The van der Waals surface area contributed by atoms with Crippen molar-refractivity contribution >= 4 is 23.5 Å².